The van der Waals surface area contributed by atoms with E-state index in [9.17, 15) is 0 Å². The average molecular weight is 163 g/mol. The zero-order chi connectivity index (χ0) is 8.39. The molecule has 0 saturated carbocycles. The van der Waals surface area contributed by atoms with Crippen molar-refractivity contribution in [2.45, 2.75) is 25.8 Å². The van der Waals surface area contributed by atoms with Gasteiger partial charge in [-0.25, -0.2) is 9.97 Å². The van der Waals surface area contributed by atoms with Crippen LogP contribution < -0.4 is 5.32 Å². The molecule has 1 aromatic rings. The summed E-state index contributed by atoms with van der Waals surface area (Å²) in [5.41, 5.74) is 1.14. The second kappa shape index (κ2) is 3.19. The summed E-state index contributed by atoms with van der Waals surface area (Å²) in [7, 11) is 0. The van der Waals surface area contributed by atoms with Crippen molar-refractivity contribution in [1.82, 2.24) is 15.3 Å². The first kappa shape index (κ1) is 7.68. The van der Waals surface area contributed by atoms with Gasteiger partial charge in [0, 0.05) is 12.2 Å². The van der Waals surface area contributed by atoms with Gasteiger partial charge in [-0.3, -0.25) is 0 Å². The van der Waals surface area contributed by atoms with Crippen LogP contribution >= 0.6 is 0 Å². The molecule has 0 bridgehead atoms. The Kier molecular flexibility index (Phi) is 2.04. The first-order chi connectivity index (χ1) is 5.86. The van der Waals surface area contributed by atoms with Crippen molar-refractivity contribution in [2.75, 3.05) is 6.54 Å². The van der Waals surface area contributed by atoms with Crippen molar-refractivity contribution in [3.8, 4) is 0 Å². The van der Waals surface area contributed by atoms with E-state index in [1.54, 1.807) is 0 Å². The lowest BCUT2D eigenvalue weighted by atomic mass is 10.1. The van der Waals surface area contributed by atoms with E-state index in [4.69, 9.17) is 0 Å². The van der Waals surface area contributed by atoms with Gasteiger partial charge in [-0.1, -0.05) is 0 Å². The van der Waals surface area contributed by atoms with Crippen LogP contribution in [0.5, 0.6) is 0 Å². The molecule has 0 radical (unpaired) electrons. The van der Waals surface area contributed by atoms with Gasteiger partial charge in [-0.05, 0) is 32.4 Å². The molecule has 0 spiro atoms. The molecule has 0 unspecified atom stereocenters. The van der Waals surface area contributed by atoms with Gasteiger partial charge in [0.1, 0.15) is 5.82 Å². The summed E-state index contributed by atoms with van der Waals surface area (Å²) in [6, 6.07) is 2.46. The highest BCUT2D eigenvalue weighted by molar-refractivity contribution is 5.08. The monoisotopic (exact) mass is 163 g/mol. The molecule has 2 heterocycles. The van der Waals surface area contributed by atoms with Crippen LogP contribution in [0, 0.1) is 6.92 Å². The van der Waals surface area contributed by atoms with Gasteiger partial charge in [0.05, 0.1) is 5.69 Å². The summed E-state index contributed by atoms with van der Waals surface area (Å²) >= 11 is 0. The third-order valence-electron chi connectivity index (χ3n) is 2.21. The molecule has 64 valence electrons. The topological polar surface area (TPSA) is 37.8 Å². The summed E-state index contributed by atoms with van der Waals surface area (Å²) in [5.74, 6) is 0.862. The lowest BCUT2D eigenvalue weighted by Crippen LogP contribution is -2.14. The standard InChI is InChI=1S/C9H13N3/c1-7-10-6-4-9(12-7)8-3-2-5-11-8/h4,6,8,11H,2-3,5H2,1H3/t8-/m1/s1. The third kappa shape index (κ3) is 1.46. The second-order valence-electron chi connectivity index (χ2n) is 3.18. The van der Waals surface area contributed by atoms with Gasteiger partial charge in [-0.2, -0.15) is 0 Å². The molecule has 1 atom stereocenters. The highest BCUT2D eigenvalue weighted by Crippen LogP contribution is 2.20. The van der Waals surface area contributed by atoms with Gasteiger partial charge in [-0.15, -0.1) is 0 Å². The molecule has 0 aromatic carbocycles. The number of aryl methyl sites for hydroxylation is 1. The maximum absolute atomic E-state index is 4.38. The predicted octanol–water partition coefficient (Wildman–Crippen LogP) is 1.21. The molecule has 1 aliphatic rings. The summed E-state index contributed by atoms with van der Waals surface area (Å²) < 4.78 is 0. The highest BCUT2D eigenvalue weighted by atomic mass is 15.0. The van der Waals surface area contributed by atoms with E-state index in [0.29, 0.717) is 6.04 Å². The maximum Gasteiger partial charge on any atom is 0.125 e. The van der Waals surface area contributed by atoms with Gasteiger partial charge in [0.25, 0.3) is 0 Å². The lowest BCUT2D eigenvalue weighted by molar-refractivity contribution is 0.622. The number of aromatic nitrogens is 2. The normalized spacial score (nSPS) is 22.9. The van der Waals surface area contributed by atoms with Crippen LogP contribution in [-0.2, 0) is 0 Å². The fourth-order valence-corrected chi connectivity index (χ4v) is 1.61. The lowest BCUT2D eigenvalue weighted by Gasteiger charge is -2.08. The summed E-state index contributed by atoms with van der Waals surface area (Å²) in [6.45, 7) is 3.05. The predicted molar refractivity (Wildman–Crippen MR) is 46.7 cm³/mol. The summed E-state index contributed by atoms with van der Waals surface area (Å²) in [6.07, 6.45) is 4.29. The Bertz CT molecular complexity index is 266. The maximum atomic E-state index is 4.38. The SMILES string of the molecule is Cc1nccc([C@H]2CCCN2)n1. The van der Waals surface area contributed by atoms with Crippen LogP contribution in [0.2, 0.25) is 0 Å². The Morgan fingerprint density at radius 2 is 2.50 bits per heavy atom. The van der Waals surface area contributed by atoms with Crippen LogP contribution in [0.1, 0.15) is 30.4 Å². The second-order valence-corrected chi connectivity index (χ2v) is 3.18. The van der Waals surface area contributed by atoms with Crippen molar-refractivity contribution in [1.29, 1.82) is 0 Å². The zero-order valence-electron chi connectivity index (χ0n) is 7.25. The molecule has 1 fully saturated rings. The fraction of sp³-hybridized carbons (Fsp3) is 0.556. The minimum absolute atomic E-state index is 0.465. The minimum atomic E-state index is 0.465. The average Bonchev–Trinajstić information content (AvgIpc) is 2.56. The van der Waals surface area contributed by atoms with E-state index < -0.39 is 0 Å². The van der Waals surface area contributed by atoms with Crippen LogP contribution in [0.4, 0.5) is 0 Å². The van der Waals surface area contributed by atoms with Crippen molar-refractivity contribution in [3.63, 3.8) is 0 Å². The van der Waals surface area contributed by atoms with Crippen molar-refractivity contribution < 1.29 is 0 Å². The van der Waals surface area contributed by atoms with Crippen molar-refractivity contribution >= 4 is 0 Å². The van der Waals surface area contributed by atoms with Gasteiger partial charge < -0.3 is 5.32 Å². The van der Waals surface area contributed by atoms with Crippen molar-refractivity contribution in [2.24, 2.45) is 0 Å². The van der Waals surface area contributed by atoms with Crippen molar-refractivity contribution in [3.05, 3.63) is 23.8 Å². The van der Waals surface area contributed by atoms with E-state index in [1.807, 2.05) is 19.2 Å². The first-order valence-electron chi connectivity index (χ1n) is 4.39. The Labute approximate surface area is 72.2 Å². The van der Waals surface area contributed by atoms with Gasteiger partial charge >= 0.3 is 0 Å². The van der Waals surface area contributed by atoms with E-state index in [1.165, 1.54) is 12.8 Å². The van der Waals surface area contributed by atoms with Crippen LogP contribution in [-0.4, -0.2) is 16.5 Å². The smallest absolute Gasteiger partial charge is 0.125 e. The van der Waals surface area contributed by atoms with E-state index in [-0.39, 0.29) is 0 Å². The number of nitrogens with zero attached hydrogens (tertiary/aromatic N) is 2. The molecule has 12 heavy (non-hydrogen) atoms. The molecule has 3 nitrogen and oxygen atoms in total. The molecule has 0 amide bonds. The number of hydrogen-bond acceptors (Lipinski definition) is 3. The molecular weight excluding hydrogens is 150 g/mol. The molecule has 2 rings (SSSR count). The summed E-state index contributed by atoms with van der Waals surface area (Å²) in [5, 5.41) is 3.41. The molecule has 1 saturated heterocycles. The Morgan fingerprint density at radius 3 is 3.17 bits per heavy atom. The molecule has 3 heteroatoms. The molecule has 1 aromatic heterocycles. The molecule has 1 N–H and O–H groups in total. The van der Waals surface area contributed by atoms with Gasteiger partial charge in [0.15, 0.2) is 0 Å². The highest BCUT2D eigenvalue weighted by Gasteiger charge is 2.16. The Morgan fingerprint density at radius 1 is 1.58 bits per heavy atom. The van der Waals surface area contributed by atoms with Gasteiger partial charge in [0.2, 0.25) is 0 Å². The van der Waals surface area contributed by atoms with Crippen LogP contribution in [0.3, 0.4) is 0 Å². The van der Waals surface area contributed by atoms with Crippen LogP contribution in [0.25, 0.3) is 0 Å². The first-order valence-corrected chi connectivity index (χ1v) is 4.39. The number of nitrogens with one attached hydrogen (secondary N) is 1. The largest absolute Gasteiger partial charge is 0.309 e. The van der Waals surface area contributed by atoms with Crippen LogP contribution in [0.15, 0.2) is 12.3 Å². The zero-order valence-corrected chi connectivity index (χ0v) is 7.25. The molecular formula is C9H13N3. The van der Waals surface area contributed by atoms with E-state index in [2.05, 4.69) is 15.3 Å². The van der Waals surface area contributed by atoms with E-state index >= 15 is 0 Å². The molecule has 0 aliphatic carbocycles. The fourth-order valence-electron chi connectivity index (χ4n) is 1.61. The third-order valence-corrected chi connectivity index (χ3v) is 2.21. The van der Waals surface area contributed by atoms with E-state index in [0.717, 1.165) is 18.1 Å². The Balaban J connectivity index is 2.21. The number of rotatable bonds is 1. The Hall–Kier alpha value is -0.960. The minimum Gasteiger partial charge on any atom is -0.309 e. The number of hydrogen-bond donors (Lipinski definition) is 1. The summed E-state index contributed by atoms with van der Waals surface area (Å²) in [4.78, 5) is 8.45. The molecule has 1 aliphatic heterocycles. The quantitative estimate of drug-likeness (QED) is 0.676.